The summed E-state index contributed by atoms with van der Waals surface area (Å²) in [6, 6.07) is 15.4. The average molecular weight is 444 g/mol. The number of aromatic nitrogens is 1. The van der Waals surface area contributed by atoms with Crippen molar-refractivity contribution in [2.75, 3.05) is 19.0 Å². The molecule has 0 saturated heterocycles. The second kappa shape index (κ2) is 8.45. The van der Waals surface area contributed by atoms with Gasteiger partial charge < -0.3 is 9.32 Å². The Morgan fingerprint density at radius 2 is 1.97 bits per heavy atom. The van der Waals surface area contributed by atoms with Crippen molar-refractivity contribution in [3.63, 3.8) is 0 Å². The van der Waals surface area contributed by atoms with Crippen molar-refractivity contribution < 1.29 is 9.34 Å². The first-order chi connectivity index (χ1) is 15.4. The van der Waals surface area contributed by atoms with E-state index in [9.17, 15) is 20.2 Å². The fourth-order valence-electron chi connectivity index (χ4n) is 3.10. The van der Waals surface area contributed by atoms with Gasteiger partial charge in [-0.2, -0.15) is 5.26 Å². The summed E-state index contributed by atoms with van der Waals surface area (Å²) in [4.78, 5) is 29.4. The van der Waals surface area contributed by atoms with Crippen LogP contribution in [0.2, 0.25) is 0 Å². The van der Waals surface area contributed by atoms with Crippen LogP contribution in [0.4, 0.5) is 11.4 Å². The first-order valence-electron chi connectivity index (χ1n) is 9.43. The number of nitriles is 1. The maximum atomic E-state index is 12.5. The molecule has 0 saturated carbocycles. The SMILES string of the molecule is CN(C)c1ccc(/C=C(\C#N)c2nc(-c3cc4cc([N+](=O)[O-])ccc4oc3=O)cs2)cc1. The molecule has 8 nitrogen and oxygen atoms in total. The summed E-state index contributed by atoms with van der Waals surface area (Å²) in [6.07, 6.45) is 1.73. The molecular weight excluding hydrogens is 428 g/mol. The van der Waals surface area contributed by atoms with E-state index < -0.39 is 10.5 Å². The minimum absolute atomic E-state index is 0.105. The third-order valence-corrected chi connectivity index (χ3v) is 5.65. The number of allylic oxidation sites excluding steroid dienone is 1. The molecule has 4 aromatic rings. The molecule has 9 heteroatoms. The van der Waals surface area contributed by atoms with Crippen LogP contribution in [-0.4, -0.2) is 24.0 Å². The van der Waals surface area contributed by atoms with Crippen LogP contribution in [0.5, 0.6) is 0 Å². The molecule has 158 valence electrons. The van der Waals surface area contributed by atoms with E-state index in [0.717, 1.165) is 11.3 Å². The van der Waals surface area contributed by atoms with E-state index >= 15 is 0 Å². The van der Waals surface area contributed by atoms with E-state index in [0.29, 0.717) is 21.7 Å². The van der Waals surface area contributed by atoms with Crippen LogP contribution in [0.25, 0.3) is 33.9 Å². The van der Waals surface area contributed by atoms with Gasteiger partial charge in [0.1, 0.15) is 16.7 Å². The third kappa shape index (κ3) is 4.12. The number of nitro benzene ring substituents is 1. The first kappa shape index (κ1) is 21.0. The molecule has 0 radical (unpaired) electrons. The van der Waals surface area contributed by atoms with Crippen LogP contribution in [-0.2, 0) is 0 Å². The number of benzene rings is 2. The number of hydrogen-bond donors (Lipinski definition) is 0. The Labute approximate surface area is 186 Å². The fraction of sp³-hybridized carbons (Fsp3) is 0.0870. The van der Waals surface area contributed by atoms with Crippen molar-refractivity contribution in [3.05, 3.63) is 85.0 Å². The molecule has 0 fully saturated rings. The fourth-order valence-corrected chi connectivity index (χ4v) is 3.89. The van der Waals surface area contributed by atoms with Crippen molar-refractivity contribution >= 4 is 45.3 Å². The lowest BCUT2D eigenvalue weighted by atomic mass is 10.1. The molecule has 2 aromatic heterocycles. The standard InChI is InChI=1S/C23H16N4O4S/c1-26(2)17-5-3-14(4-6-17)9-16(12-24)22-25-20(13-32-22)19-11-15-10-18(27(29)30)7-8-21(15)31-23(19)28/h3-11,13H,1-2H3/b16-9+. The van der Waals surface area contributed by atoms with Gasteiger partial charge in [-0.1, -0.05) is 12.1 Å². The first-order valence-corrected chi connectivity index (χ1v) is 10.3. The van der Waals surface area contributed by atoms with E-state index in [4.69, 9.17) is 4.42 Å². The van der Waals surface area contributed by atoms with Gasteiger partial charge in [-0.3, -0.25) is 10.1 Å². The molecule has 0 bridgehead atoms. The zero-order valence-electron chi connectivity index (χ0n) is 17.1. The number of hydrogen-bond acceptors (Lipinski definition) is 8. The van der Waals surface area contributed by atoms with Gasteiger partial charge in [-0.15, -0.1) is 11.3 Å². The molecule has 2 heterocycles. The normalized spacial score (nSPS) is 11.3. The van der Waals surface area contributed by atoms with Crippen molar-refractivity contribution in [2.45, 2.75) is 0 Å². The van der Waals surface area contributed by atoms with Gasteiger partial charge in [-0.05, 0) is 35.9 Å². The van der Waals surface area contributed by atoms with Crippen LogP contribution < -0.4 is 10.5 Å². The Kier molecular flexibility index (Phi) is 5.54. The van der Waals surface area contributed by atoms with E-state index in [1.807, 2.05) is 43.3 Å². The van der Waals surface area contributed by atoms with Crippen LogP contribution >= 0.6 is 11.3 Å². The molecular formula is C23H16N4O4S. The highest BCUT2D eigenvalue weighted by molar-refractivity contribution is 7.11. The predicted molar refractivity (Wildman–Crippen MR) is 124 cm³/mol. The topological polar surface area (TPSA) is 113 Å². The van der Waals surface area contributed by atoms with Gasteiger partial charge in [0.25, 0.3) is 5.69 Å². The smallest absolute Gasteiger partial charge is 0.345 e. The number of thiazole rings is 1. The lowest BCUT2D eigenvalue weighted by Crippen LogP contribution is -2.07. The van der Waals surface area contributed by atoms with Gasteiger partial charge in [0, 0.05) is 42.7 Å². The third-order valence-electron chi connectivity index (χ3n) is 4.78. The molecule has 0 aliphatic carbocycles. The second-order valence-corrected chi connectivity index (χ2v) is 7.98. The highest BCUT2D eigenvalue weighted by Crippen LogP contribution is 2.28. The molecule has 4 rings (SSSR count). The summed E-state index contributed by atoms with van der Waals surface area (Å²) in [5.74, 6) is 0. The van der Waals surface area contributed by atoms with Gasteiger partial charge in [0.05, 0.1) is 21.8 Å². The van der Waals surface area contributed by atoms with Gasteiger partial charge in [-0.25, -0.2) is 9.78 Å². The predicted octanol–water partition coefficient (Wildman–Crippen LogP) is 4.95. The lowest BCUT2D eigenvalue weighted by molar-refractivity contribution is -0.384. The van der Waals surface area contributed by atoms with E-state index in [1.54, 1.807) is 11.5 Å². The van der Waals surface area contributed by atoms with Crippen molar-refractivity contribution in [2.24, 2.45) is 0 Å². The van der Waals surface area contributed by atoms with E-state index in [2.05, 4.69) is 11.1 Å². The summed E-state index contributed by atoms with van der Waals surface area (Å²) >= 11 is 1.23. The van der Waals surface area contributed by atoms with Crippen LogP contribution in [0.15, 0.2) is 63.1 Å². The van der Waals surface area contributed by atoms with E-state index in [1.165, 1.54) is 35.6 Å². The van der Waals surface area contributed by atoms with Crippen molar-refractivity contribution in [3.8, 4) is 17.3 Å². The van der Waals surface area contributed by atoms with Crippen molar-refractivity contribution in [1.29, 1.82) is 5.26 Å². The zero-order chi connectivity index (χ0) is 22.8. The largest absolute Gasteiger partial charge is 0.422 e. The Balaban J connectivity index is 1.71. The van der Waals surface area contributed by atoms with Gasteiger partial charge >= 0.3 is 5.63 Å². The number of nitrogens with zero attached hydrogens (tertiary/aromatic N) is 4. The summed E-state index contributed by atoms with van der Waals surface area (Å²) in [7, 11) is 3.90. The maximum Gasteiger partial charge on any atom is 0.345 e. The number of fused-ring (bicyclic) bond motifs is 1. The molecule has 32 heavy (non-hydrogen) atoms. The Bertz CT molecular complexity index is 1460. The summed E-state index contributed by atoms with van der Waals surface area (Å²) in [6.45, 7) is 0. The quantitative estimate of drug-likeness (QED) is 0.185. The molecule has 2 aromatic carbocycles. The number of nitro groups is 1. The minimum Gasteiger partial charge on any atom is -0.422 e. The number of rotatable bonds is 5. The van der Waals surface area contributed by atoms with E-state index in [-0.39, 0.29) is 16.8 Å². The molecule has 0 unspecified atom stereocenters. The molecule has 0 spiro atoms. The minimum atomic E-state index is -0.607. The number of anilines is 1. The zero-order valence-corrected chi connectivity index (χ0v) is 17.9. The molecule has 0 atom stereocenters. The van der Waals surface area contributed by atoms with Crippen LogP contribution in [0.3, 0.4) is 0 Å². The highest BCUT2D eigenvalue weighted by Gasteiger charge is 2.15. The lowest BCUT2D eigenvalue weighted by Gasteiger charge is -2.11. The van der Waals surface area contributed by atoms with Crippen LogP contribution in [0, 0.1) is 21.4 Å². The summed E-state index contributed by atoms with van der Waals surface area (Å²) in [5.41, 5.74) is 2.31. The molecule has 0 N–H and O–H groups in total. The Morgan fingerprint density at radius 1 is 1.22 bits per heavy atom. The average Bonchev–Trinajstić information content (AvgIpc) is 3.26. The molecule has 0 aliphatic heterocycles. The monoisotopic (exact) mass is 444 g/mol. The van der Waals surface area contributed by atoms with Gasteiger partial charge in [0.15, 0.2) is 0 Å². The van der Waals surface area contributed by atoms with Crippen LogP contribution in [0.1, 0.15) is 10.6 Å². The number of non-ortho nitro benzene ring substituents is 1. The highest BCUT2D eigenvalue weighted by atomic mass is 32.1. The second-order valence-electron chi connectivity index (χ2n) is 7.12. The Hall–Kier alpha value is -4.29. The summed E-state index contributed by atoms with van der Waals surface area (Å²) < 4.78 is 5.31. The molecule has 0 aliphatic rings. The molecule has 0 amide bonds. The maximum absolute atomic E-state index is 12.5. The summed E-state index contributed by atoms with van der Waals surface area (Å²) in [5, 5.41) is 23.2. The van der Waals surface area contributed by atoms with Crippen molar-refractivity contribution in [1.82, 2.24) is 4.98 Å². The Morgan fingerprint density at radius 3 is 2.62 bits per heavy atom. The van der Waals surface area contributed by atoms with Gasteiger partial charge in [0.2, 0.25) is 0 Å².